The van der Waals surface area contributed by atoms with Crippen molar-refractivity contribution in [3.8, 4) is 0 Å². The number of nitrogens with one attached hydrogen (secondary N) is 1. The minimum atomic E-state index is -0.369. The molecule has 0 bridgehead atoms. The van der Waals surface area contributed by atoms with E-state index in [2.05, 4.69) is 74.8 Å². The zero-order valence-electron chi connectivity index (χ0n) is 19.9. The molecule has 2 aromatic carbocycles. The summed E-state index contributed by atoms with van der Waals surface area (Å²) in [6.07, 6.45) is 2.20. The Balaban J connectivity index is 1.32. The molecule has 0 unspecified atom stereocenters. The van der Waals surface area contributed by atoms with Crippen LogP contribution in [0.5, 0.6) is 0 Å². The fourth-order valence-electron chi connectivity index (χ4n) is 4.73. The average molecular weight is 501 g/mol. The first kappa shape index (κ1) is 23.9. The molecule has 0 aliphatic carbocycles. The lowest BCUT2D eigenvalue weighted by Gasteiger charge is -2.40. The Bertz CT molecular complexity index is 1220. The van der Waals surface area contributed by atoms with E-state index in [0.717, 1.165) is 19.5 Å². The summed E-state index contributed by atoms with van der Waals surface area (Å²) in [6, 6.07) is 25.2. The van der Waals surface area contributed by atoms with E-state index in [1.54, 1.807) is 11.3 Å². The van der Waals surface area contributed by atoms with Gasteiger partial charge in [0.1, 0.15) is 6.33 Å². The molecule has 184 valence electrons. The van der Waals surface area contributed by atoms with E-state index in [9.17, 15) is 10.1 Å². The molecule has 0 radical (unpaired) electrons. The molecule has 0 amide bonds. The van der Waals surface area contributed by atoms with E-state index in [-0.39, 0.29) is 22.5 Å². The Morgan fingerprint density at radius 2 is 1.58 bits per heavy atom. The Morgan fingerprint density at radius 1 is 0.917 bits per heavy atom. The average Bonchev–Trinajstić information content (AvgIpc) is 3.44. The van der Waals surface area contributed by atoms with Crippen molar-refractivity contribution in [1.29, 1.82) is 0 Å². The Hall–Kier alpha value is -3.82. The van der Waals surface area contributed by atoms with Gasteiger partial charge in [0.15, 0.2) is 0 Å². The third-order valence-corrected chi connectivity index (χ3v) is 7.38. The molecule has 5 rings (SSSR count). The molecule has 0 saturated carbocycles. The maximum Gasteiger partial charge on any atom is 0.353 e. The van der Waals surface area contributed by atoms with Gasteiger partial charge in [0.25, 0.3) is 0 Å². The Morgan fingerprint density at radius 3 is 2.17 bits per heavy atom. The number of nitrogens with zero attached hydrogens (tertiary/aromatic N) is 5. The van der Waals surface area contributed by atoms with Gasteiger partial charge >= 0.3 is 5.69 Å². The van der Waals surface area contributed by atoms with Crippen molar-refractivity contribution in [1.82, 2.24) is 14.9 Å². The molecule has 36 heavy (non-hydrogen) atoms. The molecular weight excluding hydrogens is 472 g/mol. The number of aromatic nitrogens is 2. The highest BCUT2D eigenvalue weighted by Gasteiger charge is 2.31. The number of rotatable bonds is 9. The van der Waals surface area contributed by atoms with Gasteiger partial charge in [-0.05, 0) is 29.0 Å². The van der Waals surface area contributed by atoms with Gasteiger partial charge in [0.05, 0.1) is 11.0 Å². The number of benzene rings is 2. The predicted molar refractivity (Wildman–Crippen MR) is 144 cm³/mol. The van der Waals surface area contributed by atoms with Gasteiger partial charge in [-0.25, -0.2) is 9.97 Å². The molecule has 3 heterocycles. The molecule has 1 aliphatic rings. The lowest BCUT2D eigenvalue weighted by atomic mass is 9.96. The number of anilines is 2. The fraction of sp³-hybridized carbons (Fsp3) is 0.259. The van der Waals surface area contributed by atoms with Gasteiger partial charge in [0.2, 0.25) is 11.6 Å². The van der Waals surface area contributed by atoms with Crippen molar-refractivity contribution in [2.24, 2.45) is 0 Å². The summed E-state index contributed by atoms with van der Waals surface area (Å²) >= 11 is 1.67. The monoisotopic (exact) mass is 500 g/mol. The van der Waals surface area contributed by atoms with Gasteiger partial charge in [-0.3, -0.25) is 15.0 Å². The van der Waals surface area contributed by atoms with Crippen LogP contribution in [-0.4, -0.2) is 52.5 Å². The predicted octanol–water partition coefficient (Wildman–Crippen LogP) is 5.01. The third-order valence-electron chi connectivity index (χ3n) is 6.44. The highest BCUT2D eigenvalue weighted by molar-refractivity contribution is 7.09. The number of hydrogen-bond acceptors (Lipinski definition) is 8. The number of piperazine rings is 1. The van der Waals surface area contributed by atoms with E-state index in [4.69, 9.17) is 0 Å². The minimum Gasteiger partial charge on any atom is -0.364 e. The highest BCUT2D eigenvalue weighted by Crippen LogP contribution is 2.34. The van der Waals surface area contributed by atoms with Gasteiger partial charge in [-0.1, -0.05) is 66.7 Å². The maximum atomic E-state index is 12.1. The van der Waals surface area contributed by atoms with Crippen LogP contribution in [-0.2, 0) is 6.42 Å². The van der Waals surface area contributed by atoms with Gasteiger partial charge in [-0.15, -0.1) is 11.3 Å². The molecular formula is C27H28N6O2S. The summed E-state index contributed by atoms with van der Waals surface area (Å²) < 4.78 is 0. The summed E-state index contributed by atoms with van der Waals surface area (Å²) in [7, 11) is 0. The summed E-state index contributed by atoms with van der Waals surface area (Å²) in [5, 5.41) is 17.3. The second-order valence-electron chi connectivity index (χ2n) is 8.65. The van der Waals surface area contributed by atoms with Crippen LogP contribution < -0.4 is 10.2 Å². The molecule has 1 N–H and O–H groups in total. The van der Waals surface area contributed by atoms with Crippen LogP contribution in [0.25, 0.3) is 0 Å². The van der Waals surface area contributed by atoms with Crippen molar-refractivity contribution >= 4 is 28.7 Å². The first-order valence-corrected chi connectivity index (χ1v) is 12.9. The number of hydrogen-bond donors (Lipinski definition) is 1. The molecule has 0 atom stereocenters. The lowest BCUT2D eigenvalue weighted by molar-refractivity contribution is -0.383. The highest BCUT2D eigenvalue weighted by atomic mass is 32.1. The van der Waals surface area contributed by atoms with E-state index in [1.807, 2.05) is 28.5 Å². The van der Waals surface area contributed by atoms with Gasteiger partial charge in [0, 0.05) is 37.6 Å². The zero-order chi connectivity index (χ0) is 24.7. The quantitative estimate of drug-likeness (QED) is 0.255. The molecule has 4 aromatic rings. The molecule has 0 spiro atoms. The molecule has 8 nitrogen and oxygen atoms in total. The number of thiophene rings is 1. The topological polar surface area (TPSA) is 87.4 Å². The molecule has 1 fully saturated rings. The largest absolute Gasteiger partial charge is 0.364 e. The van der Waals surface area contributed by atoms with Crippen LogP contribution in [0.15, 0.2) is 84.5 Å². The molecule has 1 aliphatic heterocycles. The lowest BCUT2D eigenvalue weighted by Crippen LogP contribution is -2.48. The molecule has 9 heteroatoms. The Kier molecular flexibility index (Phi) is 7.49. The normalized spacial score (nSPS) is 14.2. The summed E-state index contributed by atoms with van der Waals surface area (Å²) in [5.74, 6) is 0.652. The third kappa shape index (κ3) is 5.37. The first-order chi connectivity index (χ1) is 17.7. The molecule has 2 aromatic heterocycles. The first-order valence-electron chi connectivity index (χ1n) is 12.1. The van der Waals surface area contributed by atoms with E-state index in [0.29, 0.717) is 25.5 Å². The van der Waals surface area contributed by atoms with Crippen LogP contribution in [0.4, 0.5) is 17.3 Å². The maximum absolute atomic E-state index is 12.1. The van der Waals surface area contributed by atoms with Crippen LogP contribution in [0.3, 0.4) is 0 Å². The standard InChI is InChI=1S/C27H28N6O2S/c34-33(35)25-26(28-14-13-23-12-7-19-36-23)29-20-30-27(25)32-17-15-31(16-18-32)24(21-8-3-1-4-9-21)22-10-5-2-6-11-22/h1-12,19-20,24H,13-18H2,(H,28,29,30). The second-order valence-corrected chi connectivity index (χ2v) is 9.69. The van der Waals surface area contributed by atoms with Crippen LogP contribution in [0.1, 0.15) is 22.0 Å². The zero-order valence-corrected chi connectivity index (χ0v) is 20.7. The van der Waals surface area contributed by atoms with Crippen molar-refractivity contribution < 1.29 is 4.92 Å². The number of nitro groups is 1. The van der Waals surface area contributed by atoms with Gasteiger partial charge in [-0.2, -0.15) is 0 Å². The van der Waals surface area contributed by atoms with Crippen molar-refractivity contribution in [2.45, 2.75) is 12.5 Å². The van der Waals surface area contributed by atoms with E-state index in [1.165, 1.54) is 22.3 Å². The van der Waals surface area contributed by atoms with E-state index >= 15 is 0 Å². The minimum absolute atomic E-state index is 0.0557. The SMILES string of the molecule is O=[N+]([O-])c1c(NCCc2cccs2)ncnc1N1CCN(C(c2ccccc2)c2ccccc2)CC1. The van der Waals surface area contributed by atoms with Crippen LogP contribution >= 0.6 is 11.3 Å². The molecule has 1 saturated heterocycles. The van der Waals surface area contributed by atoms with Gasteiger partial charge < -0.3 is 10.2 Å². The van der Waals surface area contributed by atoms with E-state index < -0.39 is 0 Å². The van der Waals surface area contributed by atoms with Crippen molar-refractivity contribution in [3.63, 3.8) is 0 Å². The fourth-order valence-corrected chi connectivity index (χ4v) is 5.44. The summed E-state index contributed by atoms with van der Waals surface area (Å²) in [6.45, 7) is 3.38. The summed E-state index contributed by atoms with van der Waals surface area (Å²) in [4.78, 5) is 25.9. The smallest absolute Gasteiger partial charge is 0.353 e. The summed E-state index contributed by atoms with van der Waals surface area (Å²) in [5.41, 5.74) is 2.42. The van der Waals surface area contributed by atoms with Crippen LogP contribution in [0, 0.1) is 10.1 Å². The Labute approximate surface area is 214 Å². The van der Waals surface area contributed by atoms with Crippen molar-refractivity contribution in [2.75, 3.05) is 42.9 Å². The second kappa shape index (κ2) is 11.3. The van der Waals surface area contributed by atoms with Crippen LogP contribution in [0.2, 0.25) is 0 Å². The van der Waals surface area contributed by atoms with Crippen molar-refractivity contribution in [3.05, 3.63) is 111 Å².